The number of nitrogens with one attached hydrogen (secondary N) is 1. The molecule has 0 aliphatic carbocycles. The van der Waals surface area contributed by atoms with Crippen molar-refractivity contribution in [3.8, 4) is 0 Å². The second-order valence-corrected chi connectivity index (χ2v) is 2.67. The van der Waals surface area contributed by atoms with E-state index >= 15 is 0 Å². The minimum atomic E-state index is -0.0978. The monoisotopic (exact) mass is 185 g/mol. The third-order valence-electron chi connectivity index (χ3n) is 1.59. The smallest absolute Gasteiger partial charge is 0.240 e. The minimum absolute atomic E-state index is 0.0978. The second-order valence-electron chi connectivity index (χ2n) is 2.67. The van der Waals surface area contributed by atoms with Crippen LogP contribution in [0.1, 0.15) is 31.7 Å². The van der Waals surface area contributed by atoms with Gasteiger partial charge < -0.3 is 14.6 Å². The van der Waals surface area contributed by atoms with Gasteiger partial charge in [0.25, 0.3) is 0 Å². The Bertz CT molecular complexity index is 249. The molecule has 0 fully saturated rings. The maximum Gasteiger partial charge on any atom is 0.240 e. The summed E-state index contributed by atoms with van der Waals surface area (Å²) >= 11 is 0. The molecule has 1 aromatic heterocycles. The average Bonchev–Trinajstić information content (AvgIpc) is 2.54. The Labute approximate surface area is 77.5 Å². The number of hydrogen-bond donors (Lipinski definition) is 1. The third kappa shape index (κ3) is 2.78. The Morgan fingerprint density at radius 1 is 1.62 bits per heavy atom. The van der Waals surface area contributed by atoms with Crippen LogP contribution in [0.3, 0.4) is 0 Å². The molecule has 0 aliphatic heterocycles. The lowest BCUT2D eigenvalue weighted by atomic mass is 10.4. The van der Waals surface area contributed by atoms with Crippen LogP contribution in [0.4, 0.5) is 0 Å². The molecule has 1 rings (SSSR count). The zero-order valence-corrected chi connectivity index (χ0v) is 8.20. The van der Waals surface area contributed by atoms with Crippen LogP contribution < -0.4 is 5.32 Å². The predicted octanol–water partition coefficient (Wildman–Crippen LogP) is 0.886. The fraction of sp³-hybridized carbons (Fsp3) is 0.750. The summed E-state index contributed by atoms with van der Waals surface area (Å²) in [4.78, 5) is 4.15. The first-order valence-electron chi connectivity index (χ1n) is 4.36. The van der Waals surface area contributed by atoms with Crippen LogP contribution in [0, 0.1) is 0 Å². The van der Waals surface area contributed by atoms with Crippen molar-refractivity contribution < 1.29 is 9.26 Å². The molecule has 1 aromatic rings. The molecule has 1 atom stereocenters. The van der Waals surface area contributed by atoms with E-state index in [0.29, 0.717) is 24.9 Å². The summed E-state index contributed by atoms with van der Waals surface area (Å²) in [6.07, 6.45) is -0.0978. The van der Waals surface area contributed by atoms with Gasteiger partial charge >= 0.3 is 0 Å². The lowest BCUT2D eigenvalue weighted by Gasteiger charge is -2.04. The van der Waals surface area contributed by atoms with E-state index in [9.17, 15) is 0 Å². The number of aromatic nitrogens is 2. The molecule has 0 unspecified atom stereocenters. The highest BCUT2D eigenvalue weighted by Gasteiger charge is 2.12. The van der Waals surface area contributed by atoms with E-state index in [2.05, 4.69) is 15.5 Å². The zero-order chi connectivity index (χ0) is 9.68. The summed E-state index contributed by atoms with van der Waals surface area (Å²) in [6, 6.07) is 0. The molecule has 0 bridgehead atoms. The van der Waals surface area contributed by atoms with Crippen LogP contribution in [-0.4, -0.2) is 23.8 Å². The van der Waals surface area contributed by atoms with E-state index in [4.69, 9.17) is 9.26 Å². The Morgan fingerprint density at radius 3 is 3.00 bits per heavy atom. The van der Waals surface area contributed by atoms with Crippen LogP contribution in [-0.2, 0) is 11.3 Å². The minimum Gasteiger partial charge on any atom is -0.371 e. The van der Waals surface area contributed by atoms with E-state index < -0.39 is 0 Å². The first-order valence-corrected chi connectivity index (χ1v) is 4.36. The van der Waals surface area contributed by atoms with Crippen molar-refractivity contribution in [1.29, 1.82) is 0 Å². The van der Waals surface area contributed by atoms with Crippen molar-refractivity contribution in [3.63, 3.8) is 0 Å². The highest BCUT2D eigenvalue weighted by atomic mass is 16.5. The fourth-order valence-corrected chi connectivity index (χ4v) is 0.981. The molecule has 74 valence electrons. The normalized spacial score (nSPS) is 13.2. The lowest BCUT2D eigenvalue weighted by molar-refractivity contribution is 0.0683. The number of rotatable bonds is 5. The van der Waals surface area contributed by atoms with Crippen molar-refractivity contribution in [2.75, 3.05) is 13.7 Å². The molecular formula is C8H15N3O2. The molecule has 5 heteroatoms. The van der Waals surface area contributed by atoms with Gasteiger partial charge in [0.2, 0.25) is 5.89 Å². The van der Waals surface area contributed by atoms with Gasteiger partial charge in [0.05, 0.1) is 6.54 Å². The first-order chi connectivity index (χ1) is 6.27. The van der Waals surface area contributed by atoms with Gasteiger partial charge in [-0.1, -0.05) is 5.16 Å². The lowest BCUT2D eigenvalue weighted by Crippen LogP contribution is -2.06. The summed E-state index contributed by atoms with van der Waals surface area (Å²) < 4.78 is 10.3. The first kappa shape index (κ1) is 10.1. The molecular weight excluding hydrogens is 170 g/mol. The molecule has 0 radical (unpaired) electrons. The molecule has 0 spiro atoms. The molecule has 1 N–H and O–H groups in total. The molecule has 0 saturated carbocycles. The Morgan fingerprint density at radius 2 is 2.38 bits per heavy atom. The largest absolute Gasteiger partial charge is 0.371 e. The van der Waals surface area contributed by atoms with Crippen molar-refractivity contribution in [3.05, 3.63) is 11.7 Å². The molecule has 5 nitrogen and oxygen atoms in total. The summed E-state index contributed by atoms with van der Waals surface area (Å²) in [5.41, 5.74) is 0. The molecule has 13 heavy (non-hydrogen) atoms. The molecule has 0 saturated heterocycles. The van der Waals surface area contributed by atoms with E-state index in [0.717, 1.165) is 0 Å². The van der Waals surface area contributed by atoms with Gasteiger partial charge in [-0.3, -0.25) is 0 Å². The standard InChI is InChI=1S/C8H15N3O2/c1-4-12-6(2)8-10-7(5-9-3)13-11-8/h6,9H,4-5H2,1-3H3/t6-/m0/s1. The zero-order valence-electron chi connectivity index (χ0n) is 8.20. The summed E-state index contributed by atoms with van der Waals surface area (Å²) in [7, 11) is 1.83. The van der Waals surface area contributed by atoms with Crippen LogP contribution >= 0.6 is 0 Å². The quantitative estimate of drug-likeness (QED) is 0.738. The van der Waals surface area contributed by atoms with Gasteiger partial charge in [-0.25, -0.2) is 0 Å². The number of nitrogens with zero attached hydrogens (tertiary/aromatic N) is 2. The highest BCUT2D eigenvalue weighted by Crippen LogP contribution is 2.12. The Hall–Kier alpha value is -0.940. The molecule has 0 amide bonds. The Balaban J connectivity index is 2.56. The maximum atomic E-state index is 5.31. The van der Waals surface area contributed by atoms with Gasteiger partial charge in [-0.2, -0.15) is 4.98 Å². The molecule has 0 aliphatic rings. The van der Waals surface area contributed by atoms with Crippen molar-refractivity contribution in [2.24, 2.45) is 0 Å². The summed E-state index contributed by atoms with van der Waals surface area (Å²) in [5, 5.41) is 6.73. The summed E-state index contributed by atoms with van der Waals surface area (Å²) in [5.74, 6) is 1.19. The van der Waals surface area contributed by atoms with E-state index in [-0.39, 0.29) is 6.10 Å². The number of ether oxygens (including phenoxy) is 1. The van der Waals surface area contributed by atoms with Gasteiger partial charge in [-0.05, 0) is 20.9 Å². The third-order valence-corrected chi connectivity index (χ3v) is 1.59. The van der Waals surface area contributed by atoms with Crippen molar-refractivity contribution in [2.45, 2.75) is 26.5 Å². The van der Waals surface area contributed by atoms with Crippen LogP contribution in [0.2, 0.25) is 0 Å². The van der Waals surface area contributed by atoms with E-state index in [1.165, 1.54) is 0 Å². The fourth-order valence-electron chi connectivity index (χ4n) is 0.981. The average molecular weight is 185 g/mol. The van der Waals surface area contributed by atoms with Gasteiger partial charge in [0.1, 0.15) is 6.10 Å². The topological polar surface area (TPSA) is 60.2 Å². The SMILES string of the molecule is CCO[C@@H](C)c1noc(CNC)n1. The van der Waals surface area contributed by atoms with E-state index in [1.54, 1.807) is 0 Å². The highest BCUT2D eigenvalue weighted by molar-refractivity contribution is 4.89. The van der Waals surface area contributed by atoms with Gasteiger partial charge in [0, 0.05) is 6.61 Å². The van der Waals surface area contributed by atoms with Crippen molar-refractivity contribution in [1.82, 2.24) is 15.5 Å². The van der Waals surface area contributed by atoms with Crippen LogP contribution in [0.15, 0.2) is 4.52 Å². The van der Waals surface area contributed by atoms with Crippen LogP contribution in [0.25, 0.3) is 0 Å². The number of hydrogen-bond acceptors (Lipinski definition) is 5. The second kappa shape index (κ2) is 4.94. The van der Waals surface area contributed by atoms with Crippen molar-refractivity contribution >= 4 is 0 Å². The Kier molecular flexibility index (Phi) is 3.85. The maximum absolute atomic E-state index is 5.31. The van der Waals surface area contributed by atoms with E-state index in [1.807, 2.05) is 20.9 Å². The van der Waals surface area contributed by atoms with Crippen LogP contribution in [0.5, 0.6) is 0 Å². The predicted molar refractivity (Wildman–Crippen MR) is 47.1 cm³/mol. The molecule has 0 aromatic carbocycles. The van der Waals surface area contributed by atoms with Gasteiger partial charge in [-0.15, -0.1) is 0 Å². The summed E-state index contributed by atoms with van der Waals surface area (Å²) in [6.45, 7) is 5.07. The van der Waals surface area contributed by atoms with Gasteiger partial charge in [0.15, 0.2) is 5.82 Å². The molecule has 1 heterocycles.